The van der Waals surface area contributed by atoms with E-state index in [1.54, 1.807) is 35.9 Å². The maximum atomic E-state index is 12.7. The third kappa shape index (κ3) is 4.42. The third-order valence-electron chi connectivity index (χ3n) is 4.57. The lowest BCUT2D eigenvalue weighted by molar-refractivity contribution is -0.118. The highest BCUT2D eigenvalue weighted by atomic mass is 16.5. The Kier molecular flexibility index (Phi) is 7.03. The lowest BCUT2D eigenvalue weighted by Crippen LogP contribution is -2.17. The topological polar surface area (TPSA) is 110 Å². The van der Waals surface area contributed by atoms with Gasteiger partial charge in [-0.05, 0) is 35.7 Å². The maximum absolute atomic E-state index is 12.7. The summed E-state index contributed by atoms with van der Waals surface area (Å²) in [5.41, 5.74) is 7.28. The number of esters is 2. The molecule has 0 atom stereocenters. The van der Waals surface area contributed by atoms with Gasteiger partial charge >= 0.3 is 11.9 Å². The summed E-state index contributed by atoms with van der Waals surface area (Å²) >= 11 is 0. The molecule has 0 aliphatic heterocycles. The van der Waals surface area contributed by atoms with Gasteiger partial charge in [0.05, 0.1) is 32.6 Å². The highest BCUT2D eigenvalue weighted by Gasteiger charge is 2.34. The first kappa shape index (κ1) is 22.0. The SMILES string of the molecule is COC(=O)c1c(C(=O)OC)c(C(C)C)n(CCC(N)=O)c1-c1ccc(OC)cc1. The van der Waals surface area contributed by atoms with Gasteiger partial charge < -0.3 is 24.5 Å². The second-order valence-electron chi connectivity index (χ2n) is 6.72. The monoisotopic (exact) mass is 402 g/mol. The van der Waals surface area contributed by atoms with Gasteiger partial charge in [-0.1, -0.05) is 13.8 Å². The predicted octanol–water partition coefficient (Wildman–Crippen LogP) is 2.74. The van der Waals surface area contributed by atoms with Gasteiger partial charge in [0.15, 0.2) is 0 Å². The van der Waals surface area contributed by atoms with Gasteiger partial charge in [0.1, 0.15) is 11.3 Å². The third-order valence-corrected chi connectivity index (χ3v) is 4.57. The van der Waals surface area contributed by atoms with E-state index in [2.05, 4.69) is 0 Å². The van der Waals surface area contributed by atoms with Gasteiger partial charge in [0, 0.05) is 18.7 Å². The molecule has 8 nitrogen and oxygen atoms in total. The van der Waals surface area contributed by atoms with Crippen molar-refractivity contribution in [1.82, 2.24) is 4.57 Å². The van der Waals surface area contributed by atoms with Crippen LogP contribution < -0.4 is 10.5 Å². The van der Waals surface area contributed by atoms with E-state index in [4.69, 9.17) is 19.9 Å². The van der Waals surface area contributed by atoms with Crippen molar-refractivity contribution < 1.29 is 28.6 Å². The molecule has 2 N–H and O–H groups in total. The van der Waals surface area contributed by atoms with E-state index in [0.29, 0.717) is 22.7 Å². The zero-order valence-electron chi connectivity index (χ0n) is 17.3. The van der Waals surface area contributed by atoms with Crippen LogP contribution in [-0.4, -0.2) is 43.7 Å². The Bertz CT molecular complexity index is 912. The number of methoxy groups -OCH3 is 3. The average Bonchev–Trinajstić information content (AvgIpc) is 3.06. The molecule has 1 amide bonds. The minimum atomic E-state index is -0.670. The van der Waals surface area contributed by atoms with Crippen molar-refractivity contribution in [3.8, 4) is 17.0 Å². The molecule has 8 heteroatoms. The Balaban J connectivity index is 2.92. The predicted molar refractivity (Wildman–Crippen MR) is 107 cm³/mol. The first-order chi connectivity index (χ1) is 13.8. The van der Waals surface area contributed by atoms with Crippen molar-refractivity contribution in [2.24, 2.45) is 5.73 Å². The summed E-state index contributed by atoms with van der Waals surface area (Å²) in [6.45, 7) is 3.98. The van der Waals surface area contributed by atoms with Crippen molar-refractivity contribution in [3.05, 3.63) is 41.1 Å². The molecule has 0 saturated heterocycles. The Labute approximate surface area is 169 Å². The second kappa shape index (κ2) is 9.27. The van der Waals surface area contributed by atoms with Crippen molar-refractivity contribution in [2.75, 3.05) is 21.3 Å². The molecule has 2 rings (SSSR count). The van der Waals surface area contributed by atoms with Gasteiger partial charge in [-0.15, -0.1) is 0 Å². The Morgan fingerprint density at radius 3 is 1.97 bits per heavy atom. The number of nitrogens with zero attached hydrogens (tertiary/aromatic N) is 1. The van der Waals surface area contributed by atoms with Crippen LogP contribution >= 0.6 is 0 Å². The number of aromatic nitrogens is 1. The smallest absolute Gasteiger partial charge is 0.340 e. The number of hydrogen-bond acceptors (Lipinski definition) is 6. The van der Waals surface area contributed by atoms with Gasteiger partial charge in [0.2, 0.25) is 5.91 Å². The number of primary amides is 1. The molecular formula is C21H26N2O6. The molecule has 0 unspecified atom stereocenters. The van der Waals surface area contributed by atoms with Gasteiger partial charge in [-0.2, -0.15) is 0 Å². The summed E-state index contributed by atoms with van der Waals surface area (Å²) in [6, 6.07) is 7.03. The maximum Gasteiger partial charge on any atom is 0.340 e. The molecule has 0 aliphatic rings. The standard InChI is InChI=1S/C21H26N2O6/c1-12(2)18-16(20(25)28-4)17(21(26)29-5)19(23(18)11-10-15(22)24)13-6-8-14(27-3)9-7-13/h6-9,12H,10-11H2,1-5H3,(H2,22,24). The van der Waals surface area contributed by atoms with Gasteiger partial charge in [-0.25, -0.2) is 9.59 Å². The van der Waals surface area contributed by atoms with Crippen LogP contribution in [0.15, 0.2) is 24.3 Å². The van der Waals surface area contributed by atoms with E-state index >= 15 is 0 Å². The van der Waals surface area contributed by atoms with E-state index in [-0.39, 0.29) is 30.0 Å². The Morgan fingerprint density at radius 2 is 1.52 bits per heavy atom. The molecular weight excluding hydrogens is 376 g/mol. The van der Waals surface area contributed by atoms with Crippen LogP contribution in [0.2, 0.25) is 0 Å². The van der Waals surface area contributed by atoms with Gasteiger partial charge in [-0.3, -0.25) is 4.79 Å². The molecule has 0 aliphatic carbocycles. The van der Waals surface area contributed by atoms with E-state index in [1.165, 1.54) is 14.2 Å². The highest BCUT2D eigenvalue weighted by molar-refractivity contribution is 6.09. The van der Waals surface area contributed by atoms with Gasteiger partial charge in [0.25, 0.3) is 0 Å². The molecule has 0 spiro atoms. The molecule has 0 saturated carbocycles. The average molecular weight is 402 g/mol. The summed E-state index contributed by atoms with van der Waals surface area (Å²) in [4.78, 5) is 36.9. The highest BCUT2D eigenvalue weighted by Crippen LogP contribution is 2.37. The lowest BCUT2D eigenvalue weighted by Gasteiger charge is -2.16. The number of carbonyl (C=O) groups is 3. The zero-order valence-corrected chi connectivity index (χ0v) is 17.3. The summed E-state index contributed by atoms with van der Waals surface area (Å²) in [7, 11) is 4.05. The van der Waals surface area contributed by atoms with Crippen LogP contribution in [0.5, 0.6) is 5.75 Å². The Morgan fingerprint density at radius 1 is 0.966 bits per heavy atom. The van der Waals surface area contributed by atoms with Crippen molar-refractivity contribution >= 4 is 17.8 Å². The zero-order chi connectivity index (χ0) is 21.7. The van der Waals surface area contributed by atoms with Crippen molar-refractivity contribution in [3.63, 3.8) is 0 Å². The molecule has 0 fully saturated rings. The molecule has 29 heavy (non-hydrogen) atoms. The van der Waals surface area contributed by atoms with E-state index in [0.717, 1.165) is 0 Å². The number of ether oxygens (including phenoxy) is 3. The number of hydrogen-bond donors (Lipinski definition) is 1. The van der Waals surface area contributed by atoms with Crippen LogP contribution in [-0.2, 0) is 20.8 Å². The van der Waals surface area contributed by atoms with Crippen molar-refractivity contribution in [1.29, 1.82) is 0 Å². The lowest BCUT2D eigenvalue weighted by atomic mass is 10.00. The van der Waals surface area contributed by atoms with E-state index in [9.17, 15) is 14.4 Å². The van der Waals surface area contributed by atoms with Crippen molar-refractivity contribution in [2.45, 2.75) is 32.7 Å². The van der Waals surface area contributed by atoms with E-state index < -0.39 is 17.8 Å². The second-order valence-corrected chi connectivity index (χ2v) is 6.72. The quantitative estimate of drug-likeness (QED) is 0.680. The molecule has 0 radical (unpaired) electrons. The van der Waals surface area contributed by atoms with Crippen LogP contribution in [0.3, 0.4) is 0 Å². The first-order valence-corrected chi connectivity index (χ1v) is 9.12. The Hall–Kier alpha value is -3.29. The minimum absolute atomic E-state index is 0.0405. The molecule has 1 aromatic heterocycles. The summed E-state index contributed by atoms with van der Waals surface area (Å²) < 4.78 is 16.9. The van der Waals surface area contributed by atoms with E-state index in [1.807, 2.05) is 13.8 Å². The summed E-state index contributed by atoms with van der Waals surface area (Å²) in [5, 5.41) is 0. The number of rotatable bonds is 8. The number of carbonyl (C=O) groups excluding carboxylic acids is 3. The molecule has 1 aromatic carbocycles. The molecule has 156 valence electrons. The molecule has 1 heterocycles. The molecule has 2 aromatic rings. The normalized spacial score (nSPS) is 10.7. The van der Waals surface area contributed by atoms with Crippen LogP contribution in [0.25, 0.3) is 11.3 Å². The number of benzene rings is 1. The largest absolute Gasteiger partial charge is 0.497 e. The van der Waals surface area contributed by atoms with Crippen LogP contribution in [0.4, 0.5) is 0 Å². The summed E-state index contributed by atoms with van der Waals surface area (Å²) in [5.74, 6) is -1.32. The molecule has 0 bridgehead atoms. The number of nitrogens with two attached hydrogens (primary N) is 1. The first-order valence-electron chi connectivity index (χ1n) is 9.12. The van der Waals surface area contributed by atoms with Crippen LogP contribution in [0.1, 0.15) is 52.6 Å². The minimum Gasteiger partial charge on any atom is -0.497 e. The fraction of sp³-hybridized carbons (Fsp3) is 0.381. The summed E-state index contributed by atoms with van der Waals surface area (Å²) in [6.07, 6.45) is 0.0405. The fourth-order valence-corrected chi connectivity index (χ4v) is 3.35. The fourth-order valence-electron chi connectivity index (χ4n) is 3.35. The number of amides is 1. The van der Waals surface area contributed by atoms with Crippen LogP contribution in [0, 0.1) is 0 Å².